The fourth-order valence-electron chi connectivity index (χ4n) is 4.41. The summed E-state index contributed by atoms with van der Waals surface area (Å²) in [6, 6.07) is 2.59. The molecule has 146 valence electrons. The van der Waals surface area contributed by atoms with E-state index >= 15 is 0 Å². The van der Waals surface area contributed by atoms with Crippen molar-refractivity contribution < 1.29 is 4.79 Å². The number of aromatic nitrogens is 1. The Morgan fingerprint density at radius 1 is 1.19 bits per heavy atom. The van der Waals surface area contributed by atoms with Crippen molar-refractivity contribution in [2.24, 2.45) is 4.99 Å². The van der Waals surface area contributed by atoms with Gasteiger partial charge in [0.2, 0.25) is 5.91 Å². The molecular weight excluding hydrogens is 338 g/mol. The zero-order chi connectivity index (χ0) is 18.6. The molecular formula is C21H31N5O. The lowest BCUT2D eigenvalue weighted by atomic mass is 9.95. The second-order valence-corrected chi connectivity index (χ2v) is 8.12. The van der Waals surface area contributed by atoms with Crippen LogP contribution >= 0.6 is 0 Å². The van der Waals surface area contributed by atoms with Gasteiger partial charge in [0, 0.05) is 56.1 Å². The molecule has 4 rings (SSSR count). The number of pyridine rings is 1. The molecule has 3 aliphatic rings. The Labute approximate surface area is 162 Å². The quantitative estimate of drug-likeness (QED) is 0.867. The van der Waals surface area contributed by atoms with E-state index in [4.69, 9.17) is 4.99 Å². The van der Waals surface area contributed by atoms with Gasteiger partial charge in [0.1, 0.15) is 5.82 Å². The number of aliphatic imine (C=N–C) groups is 1. The first-order chi connectivity index (χ1) is 13.2. The van der Waals surface area contributed by atoms with E-state index in [9.17, 15) is 4.79 Å². The van der Waals surface area contributed by atoms with Crippen LogP contribution in [0.2, 0.25) is 0 Å². The van der Waals surface area contributed by atoms with E-state index in [0.717, 1.165) is 49.8 Å². The third-order valence-electron chi connectivity index (χ3n) is 6.14. The summed E-state index contributed by atoms with van der Waals surface area (Å²) in [6.07, 6.45) is 9.53. The van der Waals surface area contributed by atoms with Crippen LogP contribution in [-0.4, -0.2) is 65.7 Å². The number of hydrogen-bond acceptors (Lipinski definition) is 5. The Kier molecular flexibility index (Phi) is 5.72. The highest BCUT2D eigenvalue weighted by Gasteiger charge is 2.25. The van der Waals surface area contributed by atoms with Crippen LogP contribution in [0, 0.1) is 0 Å². The molecule has 2 aliphatic heterocycles. The SMILES string of the molecule is CN1CCN(C(=O)CCC2=NCc3ccnc(NC4CCCCC4)c32)CC1. The van der Waals surface area contributed by atoms with Crippen LogP contribution in [-0.2, 0) is 11.3 Å². The summed E-state index contributed by atoms with van der Waals surface area (Å²) in [6.45, 7) is 4.34. The molecule has 3 heterocycles. The van der Waals surface area contributed by atoms with Crippen molar-refractivity contribution in [3.05, 3.63) is 23.4 Å². The summed E-state index contributed by atoms with van der Waals surface area (Å²) in [5, 5.41) is 3.67. The molecule has 1 N–H and O–H groups in total. The number of hydrogen-bond donors (Lipinski definition) is 1. The molecule has 1 saturated carbocycles. The molecule has 1 aliphatic carbocycles. The first-order valence-corrected chi connectivity index (χ1v) is 10.4. The first-order valence-electron chi connectivity index (χ1n) is 10.4. The van der Waals surface area contributed by atoms with Crippen LogP contribution in [0.3, 0.4) is 0 Å². The first kappa shape index (κ1) is 18.4. The molecule has 0 bridgehead atoms. The lowest BCUT2D eigenvalue weighted by Crippen LogP contribution is -2.47. The molecule has 1 aromatic heterocycles. The Morgan fingerprint density at radius 3 is 2.74 bits per heavy atom. The minimum absolute atomic E-state index is 0.255. The van der Waals surface area contributed by atoms with Gasteiger partial charge in [-0.15, -0.1) is 0 Å². The van der Waals surface area contributed by atoms with Gasteiger partial charge in [-0.25, -0.2) is 4.98 Å². The fourth-order valence-corrected chi connectivity index (χ4v) is 4.41. The molecule has 0 aromatic carbocycles. The number of carbonyl (C=O) groups excluding carboxylic acids is 1. The standard InChI is InChI=1S/C21H31N5O/c1-25-11-13-26(14-12-25)19(27)8-7-18-20-16(15-23-18)9-10-22-21(20)24-17-5-3-2-4-6-17/h9-10,17H,2-8,11-15H2,1H3,(H,22,24). The molecule has 1 amide bonds. The number of rotatable bonds is 5. The lowest BCUT2D eigenvalue weighted by molar-refractivity contribution is -0.132. The number of piperazine rings is 1. The van der Waals surface area contributed by atoms with Gasteiger partial charge in [0.15, 0.2) is 0 Å². The molecule has 0 radical (unpaired) electrons. The molecule has 2 fully saturated rings. The normalized spacial score (nSPS) is 21.1. The maximum absolute atomic E-state index is 12.6. The average Bonchev–Trinajstić information content (AvgIpc) is 3.12. The van der Waals surface area contributed by atoms with Crippen molar-refractivity contribution in [1.82, 2.24) is 14.8 Å². The average molecular weight is 370 g/mol. The molecule has 1 aromatic rings. The number of carbonyl (C=O) groups is 1. The predicted molar refractivity (Wildman–Crippen MR) is 108 cm³/mol. The van der Waals surface area contributed by atoms with Gasteiger partial charge >= 0.3 is 0 Å². The van der Waals surface area contributed by atoms with Crippen molar-refractivity contribution in [2.75, 3.05) is 38.5 Å². The highest BCUT2D eigenvalue weighted by Crippen LogP contribution is 2.29. The third kappa shape index (κ3) is 4.32. The second-order valence-electron chi connectivity index (χ2n) is 8.12. The van der Waals surface area contributed by atoms with E-state index in [1.165, 1.54) is 37.7 Å². The summed E-state index contributed by atoms with van der Waals surface area (Å²) in [7, 11) is 2.11. The maximum atomic E-state index is 12.6. The monoisotopic (exact) mass is 369 g/mol. The van der Waals surface area contributed by atoms with Crippen molar-refractivity contribution in [1.29, 1.82) is 0 Å². The molecule has 1 saturated heterocycles. The number of nitrogens with zero attached hydrogens (tertiary/aromatic N) is 4. The number of nitrogens with one attached hydrogen (secondary N) is 1. The summed E-state index contributed by atoms with van der Waals surface area (Å²) in [5.41, 5.74) is 3.46. The highest BCUT2D eigenvalue weighted by atomic mass is 16.2. The molecule has 6 heteroatoms. The largest absolute Gasteiger partial charge is 0.367 e. The van der Waals surface area contributed by atoms with Crippen molar-refractivity contribution in [3.63, 3.8) is 0 Å². The Balaban J connectivity index is 1.39. The number of anilines is 1. The van der Waals surface area contributed by atoms with Crippen LogP contribution in [0.5, 0.6) is 0 Å². The van der Waals surface area contributed by atoms with Gasteiger partial charge in [-0.1, -0.05) is 19.3 Å². The van der Waals surface area contributed by atoms with Gasteiger partial charge in [0.25, 0.3) is 0 Å². The summed E-state index contributed by atoms with van der Waals surface area (Å²) in [4.78, 5) is 26.2. The Bertz CT molecular complexity index is 703. The zero-order valence-electron chi connectivity index (χ0n) is 16.4. The van der Waals surface area contributed by atoms with Crippen molar-refractivity contribution in [2.45, 2.75) is 57.5 Å². The number of likely N-dealkylation sites (N-methyl/N-ethyl adjacent to an activating group) is 1. The molecule has 0 spiro atoms. The van der Waals surface area contributed by atoms with Crippen LogP contribution in [0.15, 0.2) is 17.3 Å². The predicted octanol–water partition coefficient (Wildman–Crippen LogP) is 2.68. The van der Waals surface area contributed by atoms with Gasteiger partial charge in [-0.3, -0.25) is 9.79 Å². The number of amides is 1. The van der Waals surface area contributed by atoms with E-state index in [1.54, 1.807) is 0 Å². The second kappa shape index (κ2) is 8.38. The molecule has 0 unspecified atom stereocenters. The summed E-state index contributed by atoms with van der Waals surface area (Å²) < 4.78 is 0. The van der Waals surface area contributed by atoms with E-state index in [2.05, 4.69) is 28.3 Å². The van der Waals surface area contributed by atoms with E-state index in [0.29, 0.717) is 18.9 Å². The van der Waals surface area contributed by atoms with Gasteiger partial charge in [-0.2, -0.15) is 0 Å². The molecule has 0 atom stereocenters. The van der Waals surface area contributed by atoms with E-state index in [-0.39, 0.29) is 5.91 Å². The lowest BCUT2D eigenvalue weighted by Gasteiger charge is -2.32. The topological polar surface area (TPSA) is 60.8 Å². The molecule has 6 nitrogen and oxygen atoms in total. The minimum atomic E-state index is 0.255. The van der Waals surface area contributed by atoms with Gasteiger partial charge < -0.3 is 15.1 Å². The fraction of sp³-hybridized carbons (Fsp3) is 0.667. The van der Waals surface area contributed by atoms with Crippen LogP contribution in [0.4, 0.5) is 5.82 Å². The van der Waals surface area contributed by atoms with Crippen LogP contribution in [0.25, 0.3) is 0 Å². The van der Waals surface area contributed by atoms with E-state index in [1.807, 2.05) is 11.1 Å². The van der Waals surface area contributed by atoms with Crippen molar-refractivity contribution >= 4 is 17.4 Å². The third-order valence-corrected chi connectivity index (χ3v) is 6.14. The van der Waals surface area contributed by atoms with E-state index < -0.39 is 0 Å². The number of fused-ring (bicyclic) bond motifs is 1. The minimum Gasteiger partial charge on any atom is -0.367 e. The van der Waals surface area contributed by atoms with Crippen molar-refractivity contribution in [3.8, 4) is 0 Å². The van der Waals surface area contributed by atoms with Gasteiger partial charge in [0.05, 0.1) is 6.54 Å². The summed E-state index contributed by atoms with van der Waals surface area (Å²) in [5.74, 6) is 1.23. The van der Waals surface area contributed by atoms with Crippen LogP contribution in [0.1, 0.15) is 56.1 Å². The zero-order valence-corrected chi connectivity index (χ0v) is 16.4. The maximum Gasteiger partial charge on any atom is 0.223 e. The smallest absolute Gasteiger partial charge is 0.223 e. The molecule has 27 heavy (non-hydrogen) atoms. The Hall–Kier alpha value is -1.95. The van der Waals surface area contributed by atoms with Gasteiger partial charge in [-0.05, 0) is 37.9 Å². The Morgan fingerprint density at radius 2 is 1.96 bits per heavy atom. The summed E-state index contributed by atoms with van der Waals surface area (Å²) >= 11 is 0. The van der Waals surface area contributed by atoms with Crippen LogP contribution < -0.4 is 5.32 Å². The highest BCUT2D eigenvalue weighted by molar-refractivity contribution is 6.08.